The van der Waals surface area contributed by atoms with Crippen molar-refractivity contribution in [3.8, 4) is 0 Å². The van der Waals surface area contributed by atoms with E-state index in [0.717, 1.165) is 0 Å². The Labute approximate surface area is 146 Å². The minimum absolute atomic E-state index is 0. The highest BCUT2D eigenvalue weighted by Crippen LogP contribution is 2.32. The van der Waals surface area contributed by atoms with E-state index in [1.807, 2.05) is 0 Å². The van der Waals surface area contributed by atoms with Gasteiger partial charge in [0, 0.05) is 6.42 Å². The first-order chi connectivity index (χ1) is 8.99. The predicted molar refractivity (Wildman–Crippen MR) is 88.6 cm³/mol. The fraction of sp³-hybridized carbons (Fsp3) is 1.00. The van der Waals surface area contributed by atoms with E-state index in [4.69, 9.17) is 0 Å². The van der Waals surface area contributed by atoms with Crippen LogP contribution in [0, 0.1) is 0 Å². The van der Waals surface area contributed by atoms with E-state index >= 15 is 0 Å². The van der Waals surface area contributed by atoms with Crippen LogP contribution in [0.2, 0.25) is 0 Å². The largest absolute Gasteiger partial charge is 1.00 e. The van der Waals surface area contributed by atoms with Gasteiger partial charge < -0.3 is 28.5 Å². The molecule has 0 saturated carbocycles. The SMILES string of the molecule is CCCC[N+](CCCC)(CCCC)C(C)(C)CCC.[I-]. The molecule has 0 N–H and O–H groups in total. The Morgan fingerprint density at radius 3 is 1.25 bits per heavy atom. The Bertz CT molecular complexity index is 192. The molecule has 0 heterocycles. The summed E-state index contributed by atoms with van der Waals surface area (Å²) < 4.78 is 1.37. The van der Waals surface area contributed by atoms with E-state index < -0.39 is 0 Å². The zero-order chi connectivity index (χ0) is 14.8. The zero-order valence-electron chi connectivity index (χ0n) is 15.1. The molecule has 0 saturated heterocycles. The molecule has 0 aromatic carbocycles. The lowest BCUT2D eigenvalue weighted by atomic mass is 9.90. The van der Waals surface area contributed by atoms with Gasteiger partial charge in [0.15, 0.2) is 0 Å². The summed E-state index contributed by atoms with van der Waals surface area (Å²) in [6, 6.07) is 0. The van der Waals surface area contributed by atoms with Gasteiger partial charge in [-0.25, -0.2) is 0 Å². The molecule has 0 bridgehead atoms. The molecule has 0 radical (unpaired) electrons. The Hall–Kier alpha value is 0.690. The number of rotatable bonds is 12. The first-order valence-electron chi connectivity index (χ1n) is 8.85. The highest BCUT2D eigenvalue weighted by atomic mass is 127. The third kappa shape index (κ3) is 7.11. The number of halogens is 1. The van der Waals surface area contributed by atoms with Gasteiger partial charge in [0.2, 0.25) is 0 Å². The van der Waals surface area contributed by atoms with Crippen LogP contribution in [0.5, 0.6) is 0 Å². The van der Waals surface area contributed by atoms with Crippen molar-refractivity contribution >= 4 is 0 Å². The fourth-order valence-electron chi connectivity index (χ4n) is 3.47. The molecule has 0 amide bonds. The van der Waals surface area contributed by atoms with Crippen LogP contribution in [-0.4, -0.2) is 29.7 Å². The van der Waals surface area contributed by atoms with Crippen LogP contribution in [0.1, 0.15) is 92.9 Å². The van der Waals surface area contributed by atoms with Crippen molar-refractivity contribution in [3.05, 3.63) is 0 Å². The van der Waals surface area contributed by atoms with Crippen LogP contribution in [0.15, 0.2) is 0 Å². The molecule has 1 nitrogen and oxygen atoms in total. The van der Waals surface area contributed by atoms with E-state index in [1.165, 1.54) is 75.5 Å². The zero-order valence-corrected chi connectivity index (χ0v) is 17.3. The van der Waals surface area contributed by atoms with E-state index in [0.29, 0.717) is 5.54 Å². The molecule has 20 heavy (non-hydrogen) atoms. The van der Waals surface area contributed by atoms with Gasteiger partial charge in [-0.05, 0) is 33.1 Å². The normalized spacial score (nSPS) is 12.3. The highest BCUT2D eigenvalue weighted by molar-refractivity contribution is 4.71. The van der Waals surface area contributed by atoms with E-state index in [-0.39, 0.29) is 24.0 Å². The molecule has 0 aromatic heterocycles. The monoisotopic (exact) mass is 397 g/mol. The number of hydrogen-bond donors (Lipinski definition) is 0. The van der Waals surface area contributed by atoms with E-state index in [1.54, 1.807) is 0 Å². The Morgan fingerprint density at radius 1 is 0.650 bits per heavy atom. The van der Waals surface area contributed by atoms with Crippen molar-refractivity contribution in [1.29, 1.82) is 0 Å². The smallest absolute Gasteiger partial charge is 0.0935 e. The van der Waals surface area contributed by atoms with Gasteiger partial charge in [-0.2, -0.15) is 0 Å². The molecule has 0 aliphatic heterocycles. The molecule has 0 atom stereocenters. The molecule has 0 spiro atoms. The molecule has 124 valence electrons. The summed E-state index contributed by atoms with van der Waals surface area (Å²) in [6.07, 6.45) is 10.9. The van der Waals surface area contributed by atoms with Crippen molar-refractivity contribution in [2.75, 3.05) is 19.6 Å². The first-order valence-corrected chi connectivity index (χ1v) is 8.85. The van der Waals surface area contributed by atoms with E-state index in [2.05, 4.69) is 41.5 Å². The third-order valence-electron chi connectivity index (χ3n) is 4.96. The lowest BCUT2D eigenvalue weighted by Gasteiger charge is -2.51. The topological polar surface area (TPSA) is 0 Å². The third-order valence-corrected chi connectivity index (χ3v) is 4.96. The summed E-state index contributed by atoms with van der Waals surface area (Å²) in [5.74, 6) is 0. The van der Waals surface area contributed by atoms with Crippen molar-refractivity contribution in [3.63, 3.8) is 0 Å². The van der Waals surface area contributed by atoms with Gasteiger partial charge in [0.25, 0.3) is 0 Å². The van der Waals surface area contributed by atoms with Crippen molar-refractivity contribution in [1.82, 2.24) is 0 Å². The second-order valence-electron chi connectivity index (χ2n) is 6.94. The van der Waals surface area contributed by atoms with Crippen LogP contribution in [0.25, 0.3) is 0 Å². The predicted octanol–water partition coefficient (Wildman–Crippen LogP) is 2.79. The minimum Gasteiger partial charge on any atom is -1.00 e. The second-order valence-corrected chi connectivity index (χ2v) is 6.94. The summed E-state index contributed by atoms with van der Waals surface area (Å²) in [4.78, 5) is 0. The van der Waals surface area contributed by atoms with Crippen molar-refractivity contribution in [2.24, 2.45) is 0 Å². The average Bonchev–Trinajstić information content (AvgIpc) is 2.38. The van der Waals surface area contributed by atoms with Gasteiger partial charge in [-0.15, -0.1) is 0 Å². The van der Waals surface area contributed by atoms with Gasteiger partial charge in [0.1, 0.15) is 0 Å². The highest BCUT2D eigenvalue weighted by Gasteiger charge is 2.41. The fourth-order valence-corrected chi connectivity index (χ4v) is 3.47. The lowest BCUT2D eigenvalue weighted by molar-refractivity contribution is -0.973. The molecule has 0 aliphatic rings. The Morgan fingerprint density at radius 2 is 1.00 bits per heavy atom. The quantitative estimate of drug-likeness (QED) is 0.351. The number of quaternary nitrogens is 1. The number of unbranched alkanes of at least 4 members (excludes halogenated alkanes) is 3. The molecule has 0 aromatic rings. The van der Waals surface area contributed by atoms with Crippen LogP contribution in [0.3, 0.4) is 0 Å². The summed E-state index contributed by atoms with van der Waals surface area (Å²) in [7, 11) is 0. The van der Waals surface area contributed by atoms with Crippen LogP contribution in [0.4, 0.5) is 0 Å². The van der Waals surface area contributed by atoms with Crippen LogP contribution < -0.4 is 24.0 Å². The van der Waals surface area contributed by atoms with Crippen LogP contribution in [-0.2, 0) is 0 Å². The van der Waals surface area contributed by atoms with Crippen LogP contribution >= 0.6 is 0 Å². The minimum atomic E-state index is 0. The molecule has 0 unspecified atom stereocenters. The molecular weight excluding hydrogens is 357 g/mol. The molecule has 0 rings (SSSR count). The maximum absolute atomic E-state index is 2.53. The summed E-state index contributed by atoms with van der Waals surface area (Å²) in [5.41, 5.74) is 0.453. The second kappa shape index (κ2) is 12.3. The first kappa shape index (κ1) is 23.0. The lowest BCUT2D eigenvalue weighted by Crippen LogP contribution is -3.00. The Kier molecular flexibility index (Phi) is 14.1. The maximum atomic E-state index is 2.53. The molecule has 0 aliphatic carbocycles. The average molecular weight is 397 g/mol. The molecular formula is C18H40IN. The van der Waals surface area contributed by atoms with E-state index in [9.17, 15) is 0 Å². The van der Waals surface area contributed by atoms with Crippen molar-refractivity contribution < 1.29 is 28.5 Å². The van der Waals surface area contributed by atoms with Gasteiger partial charge in [-0.1, -0.05) is 53.4 Å². The number of hydrogen-bond acceptors (Lipinski definition) is 0. The van der Waals surface area contributed by atoms with Gasteiger partial charge in [-0.3, -0.25) is 0 Å². The van der Waals surface area contributed by atoms with Gasteiger partial charge >= 0.3 is 0 Å². The summed E-state index contributed by atoms with van der Waals surface area (Å²) in [5, 5.41) is 0. The maximum Gasteiger partial charge on any atom is 0.0935 e. The van der Waals surface area contributed by atoms with Crippen molar-refractivity contribution in [2.45, 2.75) is 98.4 Å². The standard InChI is InChI=1S/C18H40N.HI/c1-7-11-15-19(16-12-8-2,17-13-9-3)18(5,6)14-10-4;/h7-17H2,1-6H3;1H/q+1;/p-1. The number of nitrogens with zero attached hydrogens (tertiary/aromatic N) is 1. The molecule has 0 fully saturated rings. The molecule has 2 heteroatoms. The summed E-state index contributed by atoms with van der Waals surface area (Å²) >= 11 is 0. The van der Waals surface area contributed by atoms with Gasteiger partial charge in [0.05, 0.1) is 25.2 Å². The Balaban J connectivity index is 0. The summed E-state index contributed by atoms with van der Waals surface area (Å²) in [6.45, 7) is 18.6.